The molecule has 0 aromatic heterocycles. The molecular formula is C28H48NO3. The molecule has 0 heterocycles. The molecule has 32 heavy (non-hydrogen) atoms. The van der Waals surface area contributed by atoms with E-state index in [-0.39, 0.29) is 17.6 Å². The van der Waals surface area contributed by atoms with Crippen LogP contribution in [0.25, 0.3) is 0 Å². The largest absolute Gasteiger partial charge is 0.469 e. The van der Waals surface area contributed by atoms with E-state index in [1.165, 1.54) is 76.4 Å². The standard InChI is InChI=1S/C28H48NO3/c1-28(2,3)29(31)26(25-21-17-16-18-22-25)23-19-14-12-10-8-6-5-7-9-11-13-15-20-24-27(30)32-4/h16-18,21-22,26H,5-15,19-20,23-24H2,1-4H3. The number of hydrogen-bond acceptors (Lipinski definition) is 3. The molecule has 0 saturated heterocycles. The fourth-order valence-corrected chi connectivity index (χ4v) is 4.22. The van der Waals surface area contributed by atoms with Crippen molar-refractivity contribution in [1.82, 2.24) is 5.06 Å². The Balaban J connectivity index is 2.03. The Labute approximate surface area is 197 Å². The number of ether oxygens (including phenoxy) is 1. The summed E-state index contributed by atoms with van der Waals surface area (Å²) >= 11 is 0. The highest BCUT2D eigenvalue weighted by atomic mass is 16.5. The van der Waals surface area contributed by atoms with Gasteiger partial charge in [-0.25, -0.2) is 0 Å². The lowest BCUT2D eigenvalue weighted by Gasteiger charge is -2.34. The Morgan fingerprint density at radius 3 is 1.66 bits per heavy atom. The maximum absolute atomic E-state index is 12.9. The van der Waals surface area contributed by atoms with Gasteiger partial charge in [0.05, 0.1) is 13.2 Å². The van der Waals surface area contributed by atoms with Crippen LogP contribution in [0, 0.1) is 0 Å². The van der Waals surface area contributed by atoms with Crippen LogP contribution in [-0.4, -0.2) is 23.7 Å². The molecule has 0 amide bonds. The van der Waals surface area contributed by atoms with Gasteiger partial charge in [-0.3, -0.25) is 4.79 Å². The first-order valence-corrected chi connectivity index (χ1v) is 12.9. The molecule has 0 spiro atoms. The molecule has 1 aromatic rings. The van der Waals surface area contributed by atoms with Gasteiger partial charge in [-0.15, -0.1) is 10.3 Å². The van der Waals surface area contributed by atoms with Crippen molar-refractivity contribution < 1.29 is 14.7 Å². The number of rotatable bonds is 18. The SMILES string of the molecule is COC(=O)CCCCCCCCCCCCCCCC(c1ccccc1)N([O])C(C)(C)C. The average molecular weight is 447 g/mol. The molecule has 0 N–H and O–H groups in total. The van der Waals surface area contributed by atoms with Crippen LogP contribution in [0.15, 0.2) is 30.3 Å². The normalized spacial score (nSPS) is 12.8. The molecule has 4 heteroatoms. The number of nitrogens with zero attached hydrogens (tertiary/aromatic N) is 1. The van der Waals surface area contributed by atoms with Gasteiger partial charge in [-0.05, 0) is 39.2 Å². The average Bonchev–Trinajstić information content (AvgIpc) is 2.78. The summed E-state index contributed by atoms with van der Waals surface area (Å²) < 4.78 is 4.66. The van der Waals surface area contributed by atoms with Crippen molar-refractivity contribution in [3.63, 3.8) is 0 Å². The third-order valence-corrected chi connectivity index (χ3v) is 6.21. The molecule has 0 aliphatic rings. The molecule has 0 aliphatic heterocycles. The first-order valence-electron chi connectivity index (χ1n) is 12.9. The van der Waals surface area contributed by atoms with Crippen molar-refractivity contribution >= 4 is 5.97 Å². The highest BCUT2D eigenvalue weighted by molar-refractivity contribution is 5.68. The van der Waals surface area contributed by atoms with Crippen LogP contribution in [-0.2, 0) is 14.7 Å². The molecule has 0 aliphatic carbocycles. The minimum Gasteiger partial charge on any atom is -0.469 e. The van der Waals surface area contributed by atoms with Crippen LogP contribution in [0.4, 0.5) is 0 Å². The molecule has 4 nitrogen and oxygen atoms in total. The van der Waals surface area contributed by atoms with E-state index in [0.717, 1.165) is 31.2 Å². The van der Waals surface area contributed by atoms with E-state index < -0.39 is 0 Å². The van der Waals surface area contributed by atoms with Crippen LogP contribution < -0.4 is 0 Å². The van der Waals surface area contributed by atoms with Crippen LogP contribution in [0.1, 0.15) is 129 Å². The second-order valence-corrected chi connectivity index (χ2v) is 10.1. The van der Waals surface area contributed by atoms with Crippen LogP contribution in [0.3, 0.4) is 0 Å². The fourth-order valence-electron chi connectivity index (χ4n) is 4.22. The summed E-state index contributed by atoms with van der Waals surface area (Å²) in [6.07, 6.45) is 17.7. The Morgan fingerprint density at radius 2 is 1.22 bits per heavy atom. The van der Waals surface area contributed by atoms with E-state index in [1.807, 2.05) is 39.0 Å². The number of carbonyl (C=O) groups excluding carboxylic acids is 1. The zero-order valence-electron chi connectivity index (χ0n) is 21.2. The lowest BCUT2D eigenvalue weighted by molar-refractivity contribution is -0.243. The van der Waals surface area contributed by atoms with Crippen molar-refractivity contribution in [2.45, 2.75) is 129 Å². The number of esters is 1. The molecule has 0 fully saturated rings. The quantitative estimate of drug-likeness (QED) is 0.130. The van der Waals surface area contributed by atoms with Gasteiger partial charge in [-0.1, -0.05) is 107 Å². The van der Waals surface area contributed by atoms with E-state index >= 15 is 0 Å². The maximum atomic E-state index is 12.9. The Morgan fingerprint density at radius 1 is 0.781 bits per heavy atom. The number of unbranched alkanes of at least 4 members (excludes halogenated alkanes) is 12. The number of benzene rings is 1. The number of hydroxylamine groups is 2. The Kier molecular flexibility index (Phi) is 15.3. The summed E-state index contributed by atoms with van der Waals surface area (Å²) in [5.41, 5.74) is 0.768. The summed E-state index contributed by atoms with van der Waals surface area (Å²) in [4.78, 5) is 11.0. The summed E-state index contributed by atoms with van der Waals surface area (Å²) in [6.45, 7) is 6.00. The zero-order chi connectivity index (χ0) is 23.7. The first-order chi connectivity index (χ1) is 15.4. The third kappa shape index (κ3) is 13.2. The van der Waals surface area contributed by atoms with Crippen molar-refractivity contribution in [2.75, 3.05) is 7.11 Å². The molecule has 0 saturated carbocycles. The minimum absolute atomic E-state index is 0.0448. The van der Waals surface area contributed by atoms with Gasteiger partial charge in [0.25, 0.3) is 0 Å². The molecule has 1 aromatic carbocycles. The topological polar surface area (TPSA) is 49.4 Å². The zero-order valence-corrected chi connectivity index (χ0v) is 21.2. The highest BCUT2D eigenvalue weighted by Crippen LogP contribution is 2.31. The lowest BCUT2D eigenvalue weighted by atomic mass is 9.95. The Hall–Kier alpha value is -1.39. The van der Waals surface area contributed by atoms with E-state index in [1.54, 1.807) is 0 Å². The second kappa shape index (κ2) is 17.1. The van der Waals surface area contributed by atoms with Crippen molar-refractivity contribution in [3.8, 4) is 0 Å². The summed E-state index contributed by atoms with van der Waals surface area (Å²) in [5.74, 6) is -0.0849. The molecule has 0 bridgehead atoms. The predicted octanol–water partition coefficient (Wildman–Crippen LogP) is 8.20. The van der Waals surface area contributed by atoms with Gasteiger partial charge >= 0.3 is 5.97 Å². The smallest absolute Gasteiger partial charge is 0.305 e. The van der Waals surface area contributed by atoms with Crippen molar-refractivity contribution in [2.24, 2.45) is 0 Å². The van der Waals surface area contributed by atoms with Gasteiger partial charge in [-0.2, -0.15) is 0 Å². The van der Waals surface area contributed by atoms with Crippen LogP contribution >= 0.6 is 0 Å². The number of hydrogen-bond donors (Lipinski definition) is 0. The third-order valence-electron chi connectivity index (χ3n) is 6.21. The molecule has 1 unspecified atom stereocenters. The van der Waals surface area contributed by atoms with Gasteiger partial charge in [0.2, 0.25) is 0 Å². The van der Waals surface area contributed by atoms with Crippen molar-refractivity contribution in [3.05, 3.63) is 35.9 Å². The molecular weight excluding hydrogens is 398 g/mol. The predicted molar refractivity (Wildman–Crippen MR) is 133 cm³/mol. The van der Waals surface area contributed by atoms with Crippen LogP contribution in [0.2, 0.25) is 0 Å². The fraction of sp³-hybridized carbons (Fsp3) is 0.750. The summed E-state index contributed by atoms with van der Waals surface area (Å²) in [6, 6.07) is 10.2. The number of methoxy groups -OCH3 is 1. The van der Waals surface area contributed by atoms with E-state index in [2.05, 4.69) is 16.9 Å². The maximum Gasteiger partial charge on any atom is 0.305 e. The monoisotopic (exact) mass is 446 g/mol. The first kappa shape index (κ1) is 28.6. The molecule has 183 valence electrons. The summed E-state index contributed by atoms with van der Waals surface area (Å²) in [5, 5.41) is 14.2. The highest BCUT2D eigenvalue weighted by Gasteiger charge is 2.29. The second-order valence-electron chi connectivity index (χ2n) is 10.1. The van der Waals surface area contributed by atoms with Crippen molar-refractivity contribution in [1.29, 1.82) is 0 Å². The number of carbonyl (C=O) groups is 1. The van der Waals surface area contributed by atoms with Gasteiger partial charge in [0, 0.05) is 12.0 Å². The van der Waals surface area contributed by atoms with Gasteiger partial charge in [0.1, 0.15) is 0 Å². The van der Waals surface area contributed by atoms with E-state index in [0.29, 0.717) is 6.42 Å². The molecule has 1 radical (unpaired) electrons. The lowest BCUT2D eigenvalue weighted by Crippen LogP contribution is -2.40. The Bertz CT molecular complexity index is 582. The minimum atomic E-state index is -0.371. The van der Waals surface area contributed by atoms with E-state index in [4.69, 9.17) is 0 Å². The van der Waals surface area contributed by atoms with E-state index in [9.17, 15) is 10.0 Å². The van der Waals surface area contributed by atoms with Crippen LogP contribution in [0.5, 0.6) is 0 Å². The molecule has 1 rings (SSSR count). The van der Waals surface area contributed by atoms with Gasteiger partial charge < -0.3 is 4.74 Å². The molecule has 1 atom stereocenters. The van der Waals surface area contributed by atoms with Gasteiger partial charge in [0.15, 0.2) is 0 Å². The summed E-state index contributed by atoms with van der Waals surface area (Å²) in [7, 11) is 1.46.